The van der Waals surface area contributed by atoms with Gasteiger partial charge in [0.05, 0.1) is 5.56 Å². The number of esters is 1. The van der Waals surface area contributed by atoms with Crippen molar-refractivity contribution in [1.29, 1.82) is 0 Å². The van der Waals surface area contributed by atoms with Gasteiger partial charge in [-0.1, -0.05) is 29.8 Å². The Bertz CT molecular complexity index is 748. The van der Waals surface area contributed by atoms with Crippen LogP contribution in [0.2, 0.25) is 5.02 Å². The number of rotatable bonds is 4. The maximum absolute atomic E-state index is 12.2. The van der Waals surface area contributed by atoms with Gasteiger partial charge < -0.3 is 10.1 Å². The lowest BCUT2D eigenvalue weighted by Gasteiger charge is -2.15. The second-order valence-electron chi connectivity index (χ2n) is 4.93. The second-order valence-corrected chi connectivity index (χ2v) is 6.19. The number of anilines is 1. The lowest BCUT2D eigenvalue weighted by Crippen LogP contribution is -2.30. The van der Waals surface area contributed by atoms with Gasteiger partial charge >= 0.3 is 5.97 Å². The standard InChI is InChI=1S/C17H15BrClNO3/c1-10-14(19)8-5-9-15(10)20-16(21)11(2)23-17(22)12-6-3-4-7-13(12)18/h3-9,11H,1-2H3,(H,20,21). The molecule has 0 aromatic heterocycles. The van der Waals surface area contributed by atoms with Crippen molar-refractivity contribution in [2.75, 3.05) is 5.32 Å². The van der Waals surface area contributed by atoms with Crippen LogP contribution < -0.4 is 5.32 Å². The summed E-state index contributed by atoms with van der Waals surface area (Å²) in [6, 6.07) is 12.1. The van der Waals surface area contributed by atoms with Crippen LogP contribution in [0.25, 0.3) is 0 Å². The highest BCUT2D eigenvalue weighted by molar-refractivity contribution is 9.10. The molecule has 0 fully saturated rings. The molecule has 1 unspecified atom stereocenters. The monoisotopic (exact) mass is 395 g/mol. The molecule has 1 atom stereocenters. The third kappa shape index (κ3) is 4.33. The minimum absolute atomic E-state index is 0.367. The molecule has 0 saturated carbocycles. The van der Waals surface area contributed by atoms with Gasteiger partial charge in [0.2, 0.25) is 0 Å². The van der Waals surface area contributed by atoms with Gasteiger partial charge in [0, 0.05) is 15.2 Å². The Hall–Kier alpha value is -1.85. The van der Waals surface area contributed by atoms with Gasteiger partial charge in [-0.15, -0.1) is 0 Å². The first kappa shape index (κ1) is 17.5. The van der Waals surface area contributed by atoms with Crippen molar-refractivity contribution in [2.24, 2.45) is 0 Å². The summed E-state index contributed by atoms with van der Waals surface area (Å²) in [7, 11) is 0. The number of nitrogens with one attached hydrogen (secondary N) is 1. The third-order valence-corrected chi connectivity index (χ3v) is 4.37. The summed E-state index contributed by atoms with van der Waals surface area (Å²) in [6.45, 7) is 3.32. The number of halogens is 2. The quantitative estimate of drug-likeness (QED) is 0.769. The number of amides is 1. The van der Waals surface area contributed by atoms with Gasteiger partial charge in [0.25, 0.3) is 5.91 Å². The van der Waals surface area contributed by atoms with Crippen LogP contribution in [-0.4, -0.2) is 18.0 Å². The molecule has 0 radical (unpaired) electrons. The molecule has 2 aromatic rings. The number of benzene rings is 2. The first-order valence-electron chi connectivity index (χ1n) is 6.91. The average Bonchev–Trinajstić information content (AvgIpc) is 2.52. The zero-order valence-corrected chi connectivity index (χ0v) is 14.9. The zero-order chi connectivity index (χ0) is 17.0. The molecule has 1 N–H and O–H groups in total. The van der Waals surface area contributed by atoms with Crippen LogP contribution in [-0.2, 0) is 9.53 Å². The molecule has 0 aliphatic heterocycles. The Morgan fingerprint density at radius 2 is 1.87 bits per heavy atom. The SMILES string of the molecule is Cc1c(Cl)cccc1NC(=O)C(C)OC(=O)c1ccccc1Br. The van der Waals surface area contributed by atoms with Gasteiger partial charge in [0.1, 0.15) is 0 Å². The predicted octanol–water partition coefficient (Wildman–Crippen LogP) is 4.59. The first-order chi connectivity index (χ1) is 10.9. The van der Waals surface area contributed by atoms with Crippen molar-refractivity contribution < 1.29 is 14.3 Å². The van der Waals surface area contributed by atoms with Crippen LogP contribution in [0.3, 0.4) is 0 Å². The topological polar surface area (TPSA) is 55.4 Å². The summed E-state index contributed by atoms with van der Waals surface area (Å²) in [6.07, 6.45) is -0.937. The lowest BCUT2D eigenvalue weighted by molar-refractivity contribution is -0.123. The summed E-state index contributed by atoms with van der Waals surface area (Å²) in [5.74, 6) is -0.987. The van der Waals surface area contributed by atoms with E-state index < -0.39 is 18.0 Å². The summed E-state index contributed by atoms with van der Waals surface area (Å²) >= 11 is 9.30. The fourth-order valence-electron chi connectivity index (χ4n) is 1.88. The fraction of sp³-hybridized carbons (Fsp3) is 0.176. The number of carbonyl (C=O) groups excluding carboxylic acids is 2. The van der Waals surface area contributed by atoms with Crippen molar-refractivity contribution in [3.63, 3.8) is 0 Å². The maximum atomic E-state index is 12.2. The van der Waals surface area contributed by atoms with Gasteiger partial charge in [0.15, 0.2) is 6.10 Å². The van der Waals surface area contributed by atoms with Crippen LogP contribution in [0.1, 0.15) is 22.8 Å². The van der Waals surface area contributed by atoms with Crippen molar-refractivity contribution in [3.8, 4) is 0 Å². The van der Waals surface area contributed by atoms with Crippen LogP contribution >= 0.6 is 27.5 Å². The van der Waals surface area contributed by atoms with E-state index in [1.54, 1.807) is 49.4 Å². The summed E-state index contributed by atoms with van der Waals surface area (Å²) in [4.78, 5) is 24.3. The van der Waals surface area contributed by atoms with E-state index in [1.165, 1.54) is 6.92 Å². The van der Waals surface area contributed by atoms with Crippen LogP contribution in [0.5, 0.6) is 0 Å². The Labute approximate surface area is 147 Å². The maximum Gasteiger partial charge on any atom is 0.340 e. The van der Waals surface area contributed by atoms with E-state index in [0.29, 0.717) is 20.7 Å². The molecule has 4 nitrogen and oxygen atoms in total. The molecule has 2 rings (SSSR count). The Morgan fingerprint density at radius 3 is 2.57 bits per heavy atom. The molecule has 2 aromatic carbocycles. The second kappa shape index (κ2) is 7.62. The van der Waals surface area contributed by atoms with Crippen LogP contribution in [0, 0.1) is 6.92 Å². The number of hydrogen-bond donors (Lipinski definition) is 1. The predicted molar refractivity (Wildman–Crippen MR) is 93.8 cm³/mol. The molecule has 0 bridgehead atoms. The minimum atomic E-state index is -0.937. The third-order valence-electron chi connectivity index (χ3n) is 3.27. The van der Waals surface area contributed by atoms with Gasteiger partial charge in [-0.3, -0.25) is 4.79 Å². The fourth-order valence-corrected chi connectivity index (χ4v) is 2.50. The largest absolute Gasteiger partial charge is 0.449 e. The Balaban J connectivity index is 2.04. The normalized spacial score (nSPS) is 11.7. The van der Waals surface area contributed by atoms with Crippen LogP contribution in [0.4, 0.5) is 5.69 Å². The lowest BCUT2D eigenvalue weighted by atomic mass is 10.2. The highest BCUT2D eigenvalue weighted by Gasteiger charge is 2.21. The van der Waals surface area contributed by atoms with Crippen molar-refractivity contribution in [1.82, 2.24) is 0 Å². The van der Waals surface area contributed by atoms with Gasteiger partial charge in [-0.2, -0.15) is 0 Å². The van der Waals surface area contributed by atoms with E-state index in [2.05, 4.69) is 21.2 Å². The molecule has 6 heteroatoms. The van der Waals surface area contributed by atoms with E-state index in [0.717, 1.165) is 5.56 Å². The minimum Gasteiger partial charge on any atom is -0.449 e. The molecular formula is C17H15BrClNO3. The molecule has 23 heavy (non-hydrogen) atoms. The summed E-state index contributed by atoms with van der Waals surface area (Å²) < 4.78 is 5.82. The zero-order valence-electron chi connectivity index (χ0n) is 12.6. The number of hydrogen-bond acceptors (Lipinski definition) is 3. The Morgan fingerprint density at radius 1 is 1.17 bits per heavy atom. The molecule has 0 heterocycles. The highest BCUT2D eigenvalue weighted by Crippen LogP contribution is 2.23. The molecule has 120 valence electrons. The summed E-state index contributed by atoms with van der Waals surface area (Å²) in [5.41, 5.74) is 1.71. The molecule has 0 spiro atoms. The van der Waals surface area contributed by atoms with Crippen molar-refractivity contribution in [2.45, 2.75) is 20.0 Å². The first-order valence-corrected chi connectivity index (χ1v) is 8.08. The Kier molecular flexibility index (Phi) is 5.80. The van der Waals surface area contributed by atoms with Gasteiger partial charge in [-0.05, 0) is 59.6 Å². The van der Waals surface area contributed by atoms with E-state index in [4.69, 9.17) is 16.3 Å². The average molecular weight is 397 g/mol. The highest BCUT2D eigenvalue weighted by atomic mass is 79.9. The summed E-state index contributed by atoms with van der Waals surface area (Å²) in [5, 5.41) is 3.27. The van der Waals surface area contributed by atoms with E-state index in [-0.39, 0.29) is 0 Å². The molecular weight excluding hydrogens is 382 g/mol. The number of carbonyl (C=O) groups is 2. The molecule has 0 saturated heterocycles. The van der Waals surface area contributed by atoms with Crippen molar-refractivity contribution >= 4 is 45.1 Å². The van der Waals surface area contributed by atoms with Crippen LogP contribution in [0.15, 0.2) is 46.9 Å². The van der Waals surface area contributed by atoms with E-state index >= 15 is 0 Å². The van der Waals surface area contributed by atoms with Gasteiger partial charge in [-0.25, -0.2) is 4.79 Å². The number of ether oxygens (including phenoxy) is 1. The van der Waals surface area contributed by atoms with E-state index in [9.17, 15) is 9.59 Å². The van der Waals surface area contributed by atoms with E-state index in [1.807, 2.05) is 0 Å². The molecule has 0 aliphatic carbocycles. The van der Waals surface area contributed by atoms with Crippen molar-refractivity contribution in [3.05, 3.63) is 63.1 Å². The molecule has 1 amide bonds. The smallest absolute Gasteiger partial charge is 0.340 e. The molecule has 0 aliphatic rings.